The third-order valence-corrected chi connectivity index (χ3v) is 10.7. The summed E-state index contributed by atoms with van der Waals surface area (Å²) in [6.07, 6.45) is 6.86. The SMILES string of the molecule is C#CCOCCOCCOCCOCCN1CCN(CCCNC(=O)CCC(=N)N(CCN(C)CCC(NC(=O)C2CCC(F)(F)CC2)c2ccccc2)C(C)=N)CC1. The predicted molar refractivity (Wildman–Crippen MR) is 226 cm³/mol. The van der Waals surface area contributed by atoms with Crippen molar-refractivity contribution in [3.8, 4) is 12.3 Å². The minimum Gasteiger partial charge on any atom is -0.378 e. The fraction of sp³-hybridized carbons (Fsp3) is 0.721. The molecule has 1 aliphatic carbocycles. The van der Waals surface area contributed by atoms with E-state index in [1.165, 1.54) is 0 Å². The lowest BCUT2D eigenvalue weighted by Gasteiger charge is -2.34. The minimum atomic E-state index is -2.68. The number of halogens is 2. The van der Waals surface area contributed by atoms with Crippen LogP contribution in [0.15, 0.2) is 30.3 Å². The summed E-state index contributed by atoms with van der Waals surface area (Å²) in [4.78, 5) is 34.2. The molecule has 2 aliphatic rings. The first-order valence-corrected chi connectivity index (χ1v) is 21.2. The van der Waals surface area contributed by atoms with Gasteiger partial charge in [-0.15, -0.1) is 6.42 Å². The molecule has 14 nitrogen and oxygen atoms in total. The number of rotatable bonds is 29. The van der Waals surface area contributed by atoms with Crippen LogP contribution in [-0.2, 0) is 28.5 Å². The van der Waals surface area contributed by atoms with Crippen molar-refractivity contribution < 1.29 is 37.3 Å². The van der Waals surface area contributed by atoms with E-state index in [4.69, 9.17) is 36.2 Å². The monoisotopic (exact) mass is 833 g/mol. The highest BCUT2D eigenvalue weighted by molar-refractivity contribution is 5.98. The standard InChI is InChI=1S/C43H70F2N8O6/c1-4-28-56-30-32-58-34-35-59-33-31-57-29-27-52-24-22-51(23-25-52)19-8-18-48-41(54)12-11-40(47)53(36(2)46)26-21-50(3)20-15-39(37-9-6-5-7-10-37)49-42(55)38-13-16-43(44,45)17-14-38/h1,5-7,9-10,38-39,46-47H,8,11-35H2,2-3H3,(H,48,54)(H,49,55). The van der Waals surface area contributed by atoms with Crippen molar-refractivity contribution in [3.63, 3.8) is 0 Å². The van der Waals surface area contributed by atoms with Crippen LogP contribution in [0.2, 0.25) is 0 Å². The Kier molecular flexibility index (Phi) is 24.3. The molecule has 3 rings (SSSR count). The molecule has 2 fully saturated rings. The fourth-order valence-electron chi connectivity index (χ4n) is 7.04. The van der Waals surface area contributed by atoms with Crippen LogP contribution in [0.1, 0.15) is 69.9 Å². The second-order valence-electron chi connectivity index (χ2n) is 15.4. The lowest BCUT2D eigenvalue weighted by Crippen LogP contribution is -2.47. The summed E-state index contributed by atoms with van der Waals surface area (Å²) in [7, 11) is 1.96. The molecule has 0 bridgehead atoms. The lowest BCUT2D eigenvalue weighted by atomic mass is 9.86. The number of nitrogens with one attached hydrogen (secondary N) is 4. The average Bonchev–Trinajstić information content (AvgIpc) is 3.22. The largest absolute Gasteiger partial charge is 0.378 e. The quantitative estimate of drug-likeness (QED) is 0.0405. The van der Waals surface area contributed by atoms with Crippen LogP contribution >= 0.6 is 0 Å². The number of alkyl halides is 2. The van der Waals surface area contributed by atoms with Crippen molar-refractivity contribution in [2.24, 2.45) is 5.92 Å². The second kappa shape index (κ2) is 28.8. The number of amides is 2. The molecule has 0 radical (unpaired) electrons. The molecule has 1 saturated carbocycles. The van der Waals surface area contributed by atoms with Gasteiger partial charge in [0.05, 0.1) is 58.1 Å². The Morgan fingerprint density at radius 1 is 0.881 bits per heavy atom. The molecule has 1 aromatic rings. The lowest BCUT2D eigenvalue weighted by molar-refractivity contribution is -0.130. The van der Waals surface area contributed by atoms with Gasteiger partial charge < -0.3 is 44.3 Å². The van der Waals surface area contributed by atoms with Gasteiger partial charge in [0.1, 0.15) is 12.4 Å². The highest BCUT2D eigenvalue weighted by atomic mass is 19.3. The first-order valence-electron chi connectivity index (χ1n) is 21.2. The van der Waals surface area contributed by atoms with Gasteiger partial charge in [-0.25, -0.2) is 8.78 Å². The molecule has 332 valence electrons. The van der Waals surface area contributed by atoms with Crippen LogP contribution in [0.5, 0.6) is 0 Å². The van der Waals surface area contributed by atoms with Gasteiger partial charge in [-0.1, -0.05) is 36.3 Å². The first kappa shape index (κ1) is 49.8. The van der Waals surface area contributed by atoms with Crippen LogP contribution in [0.25, 0.3) is 0 Å². The Morgan fingerprint density at radius 2 is 1.47 bits per heavy atom. The number of nitrogens with zero attached hydrogens (tertiary/aromatic N) is 4. The van der Waals surface area contributed by atoms with Crippen molar-refractivity contribution in [3.05, 3.63) is 35.9 Å². The smallest absolute Gasteiger partial charge is 0.248 e. The van der Waals surface area contributed by atoms with Crippen molar-refractivity contribution in [2.75, 3.05) is 125 Å². The molecule has 1 heterocycles. The topological polar surface area (TPSA) is 156 Å². The summed E-state index contributed by atoms with van der Waals surface area (Å²) in [6.45, 7) is 13.6. The van der Waals surface area contributed by atoms with E-state index in [0.29, 0.717) is 85.5 Å². The van der Waals surface area contributed by atoms with Crippen LogP contribution in [-0.4, -0.2) is 174 Å². The maximum Gasteiger partial charge on any atom is 0.248 e. The maximum absolute atomic E-state index is 13.7. The average molecular weight is 833 g/mol. The molecule has 1 aliphatic heterocycles. The van der Waals surface area contributed by atoms with E-state index in [-0.39, 0.29) is 68.1 Å². The summed E-state index contributed by atoms with van der Waals surface area (Å²) < 4.78 is 49.2. The Hall–Kier alpha value is -3.56. The van der Waals surface area contributed by atoms with E-state index in [2.05, 4.69) is 31.3 Å². The molecule has 1 saturated heterocycles. The molecule has 0 aromatic heterocycles. The van der Waals surface area contributed by atoms with Gasteiger partial charge in [0.25, 0.3) is 0 Å². The summed E-state index contributed by atoms with van der Waals surface area (Å²) in [6, 6.07) is 9.40. The van der Waals surface area contributed by atoms with Crippen LogP contribution in [0.3, 0.4) is 0 Å². The van der Waals surface area contributed by atoms with E-state index in [1.807, 2.05) is 37.4 Å². The molecule has 1 aromatic carbocycles. The zero-order chi connectivity index (χ0) is 42.7. The van der Waals surface area contributed by atoms with Gasteiger partial charge in [-0.05, 0) is 51.8 Å². The number of piperazine rings is 1. The highest BCUT2D eigenvalue weighted by Crippen LogP contribution is 2.36. The molecular weight excluding hydrogens is 763 g/mol. The minimum absolute atomic E-state index is 0.101. The number of hydrogen-bond donors (Lipinski definition) is 4. The van der Waals surface area contributed by atoms with Gasteiger partial charge >= 0.3 is 0 Å². The van der Waals surface area contributed by atoms with E-state index >= 15 is 0 Å². The maximum atomic E-state index is 13.7. The van der Waals surface area contributed by atoms with E-state index in [9.17, 15) is 18.4 Å². The zero-order valence-corrected chi connectivity index (χ0v) is 35.5. The Bertz CT molecular complexity index is 1400. The number of ether oxygens (including phenoxy) is 4. The zero-order valence-electron chi connectivity index (χ0n) is 35.5. The number of carbonyl (C=O) groups is 2. The van der Waals surface area contributed by atoms with Gasteiger partial charge in [-0.2, -0.15) is 0 Å². The number of likely N-dealkylation sites (N-methyl/N-ethyl adjacent to an activating group) is 1. The Balaban J connectivity index is 1.22. The van der Waals surface area contributed by atoms with E-state index in [1.54, 1.807) is 11.8 Å². The molecule has 4 N–H and O–H groups in total. The van der Waals surface area contributed by atoms with Gasteiger partial charge in [0.2, 0.25) is 17.7 Å². The molecule has 1 unspecified atom stereocenters. The van der Waals surface area contributed by atoms with E-state index < -0.39 is 11.8 Å². The number of hydrogen-bond acceptors (Lipinski definition) is 11. The third kappa shape index (κ3) is 21.5. The normalized spacial score (nSPS) is 16.7. The van der Waals surface area contributed by atoms with Crippen LogP contribution in [0.4, 0.5) is 8.78 Å². The molecule has 2 amide bonds. The molecule has 59 heavy (non-hydrogen) atoms. The van der Waals surface area contributed by atoms with Crippen LogP contribution in [0, 0.1) is 29.1 Å². The van der Waals surface area contributed by atoms with Crippen molar-refractivity contribution in [1.82, 2.24) is 30.2 Å². The highest BCUT2D eigenvalue weighted by Gasteiger charge is 2.37. The summed E-state index contributed by atoms with van der Waals surface area (Å²) in [5.41, 5.74) is 0.959. The number of amidine groups is 2. The summed E-state index contributed by atoms with van der Waals surface area (Å²) in [5.74, 6) is -0.492. The summed E-state index contributed by atoms with van der Waals surface area (Å²) in [5, 5.41) is 23.0. The van der Waals surface area contributed by atoms with Crippen LogP contribution < -0.4 is 10.6 Å². The van der Waals surface area contributed by atoms with Gasteiger partial charge in [0, 0.05) is 90.5 Å². The number of carbonyl (C=O) groups excluding carboxylic acids is 2. The number of benzene rings is 1. The summed E-state index contributed by atoms with van der Waals surface area (Å²) >= 11 is 0. The fourth-order valence-corrected chi connectivity index (χ4v) is 7.04. The van der Waals surface area contributed by atoms with Crippen molar-refractivity contribution in [1.29, 1.82) is 10.8 Å². The van der Waals surface area contributed by atoms with E-state index in [0.717, 1.165) is 51.3 Å². The number of terminal acetylenes is 1. The second-order valence-corrected chi connectivity index (χ2v) is 15.4. The van der Waals surface area contributed by atoms with Gasteiger partial charge in [-0.3, -0.25) is 25.3 Å². The van der Waals surface area contributed by atoms with Crippen molar-refractivity contribution >= 4 is 23.5 Å². The Morgan fingerprint density at radius 3 is 2.08 bits per heavy atom. The predicted octanol–water partition coefficient (Wildman–Crippen LogP) is 3.87. The molecule has 1 atom stereocenters. The molecule has 16 heteroatoms. The first-order chi connectivity index (χ1) is 28.5. The molecular formula is C43H70F2N8O6. The molecule has 0 spiro atoms. The third-order valence-electron chi connectivity index (χ3n) is 10.7. The Labute approximate surface area is 351 Å². The van der Waals surface area contributed by atoms with Crippen molar-refractivity contribution in [2.45, 2.75) is 70.3 Å². The van der Waals surface area contributed by atoms with Gasteiger partial charge in [0.15, 0.2) is 0 Å².